The third kappa shape index (κ3) is 3.73. The number of carbonyl (C=O) groups is 1. The highest BCUT2D eigenvalue weighted by Gasteiger charge is 2.20. The van der Waals surface area contributed by atoms with Gasteiger partial charge in [0.2, 0.25) is 0 Å². The Labute approximate surface area is 102 Å². The molecular formula is C13H19N3O. The number of nitrogens with zero attached hydrogens (tertiary/aromatic N) is 1. The smallest absolute Gasteiger partial charge is 0.320 e. The lowest BCUT2D eigenvalue weighted by Gasteiger charge is -2.27. The molecule has 0 aliphatic heterocycles. The van der Waals surface area contributed by atoms with Gasteiger partial charge in [0, 0.05) is 12.2 Å². The molecule has 1 saturated carbocycles. The van der Waals surface area contributed by atoms with Gasteiger partial charge in [-0.2, -0.15) is 0 Å². The molecule has 1 aliphatic rings. The standard InChI is InChI=1S/C13H19N3O/c1-10-5-4-6-11(9-10)15-13(17)16-12-7-2-3-8-14-12/h2-3,7-8,10-11H,4-6,9H2,1H3,(H2,14,15,16,17). The maximum atomic E-state index is 11.7. The van der Waals surface area contributed by atoms with Gasteiger partial charge in [0.25, 0.3) is 0 Å². The largest absolute Gasteiger partial charge is 0.335 e. The number of urea groups is 1. The van der Waals surface area contributed by atoms with E-state index in [4.69, 9.17) is 0 Å². The lowest BCUT2D eigenvalue weighted by atomic mass is 9.87. The van der Waals surface area contributed by atoms with Crippen molar-refractivity contribution >= 4 is 11.8 Å². The van der Waals surface area contributed by atoms with Crippen molar-refractivity contribution in [3.05, 3.63) is 24.4 Å². The van der Waals surface area contributed by atoms with Crippen LogP contribution in [0.1, 0.15) is 32.6 Å². The Balaban J connectivity index is 1.81. The van der Waals surface area contributed by atoms with Crippen LogP contribution in [0.4, 0.5) is 10.6 Å². The zero-order valence-corrected chi connectivity index (χ0v) is 10.1. The maximum absolute atomic E-state index is 11.7. The van der Waals surface area contributed by atoms with Crippen LogP contribution < -0.4 is 10.6 Å². The minimum Gasteiger partial charge on any atom is -0.335 e. The van der Waals surface area contributed by atoms with Crippen molar-refractivity contribution in [2.24, 2.45) is 5.92 Å². The summed E-state index contributed by atoms with van der Waals surface area (Å²) in [6.45, 7) is 2.24. The molecule has 0 aromatic carbocycles. The van der Waals surface area contributed by atoms with Crippen molar-refractivity contribution in [3.8, 4) is 0 Å². The lowest BCUT2D eigenvalue weighted by molar-refractivity contribution is 0.238. The summed E-state index contributed by atoms with van der Waals surface area (Å²) >= 11 is 0. The van der Waals surface area contributed by atoms with E-state index in [-0.39, 0.29) is 6.03 Å². The molecule has 0 spiro atoms. The Hall–Kier alpha value is -1.58. The first-order valence-corrected chi connectivity index (χ1v) is 6.22. The van der Waals surface area contributed by atoms with Crippen LogP contribution in [-0.4, -0.2) is 17.1 Å². The zero-order valence-electron chi connectivity index (χ0n) is 10.1. The summed E-state index contributed by atoms with van der Waals surface area (Å²) in [5.41, 5.74) is 0. The van der Waals surface area contributed by atoms with E-state index in [1.54, 1.807) is 12.3 Å². The molecule has 0 saturated heterocycles. The van der Waals surface area contributed by atoms with E-state index >= 15 is 0 Å². The van der Waals surface area contributed by atoms with Crippen LogP contribution in [0.25, 0.3) is 0 Å². The summed E-state index contributed by atoms with van der Waals surface area (Å²) in [5.74, 6) is 1.30. The highest BCUT2D eigenvalue weighted by molar-refractivity contribution is 5.88. The van der Waals surface area contributed by atoms with Gasteiger partial charge in [0.15, 0.2) is 0 Å². The van der Waals surface area contributed by atoms with Gasteiger partial charge in [-0.15, -0.1) is 0 Å². The van der Waals surface area contributed by atoms with Crippen molar-refractivity contribution in [2.45, 2.75) is 38.6 Å². The number of hydrogen-bond donors (Lipinski definition) is 2. The second kappa shape index (κ2) is 5.66. The first kappa shape index (κ1) is 11.9. The van der Waals surface area contributed by atoms with Crippen LogP contribution in [0, 0.1) is 5.92 Å². The summed E-state index contributed by atoms with van der Waals surface area (Å²) in [4.78, 5) is 15.8. The molecule has 1 heterocycles. The lowest BCUT2D eigenvalue weighted by Crippen LogP contribution is -2.40. The minimum atomic E-state index is -0.150. The van der Waals surface area contributed by atoms with Crippen molar-refractivity contribution < 1.29 is 4.79 Å². The normalized spacial score (nSPS) is 24.1. The Morgan fingerprint density at radius 2 is 2.29 bits per heavy atom. The van der Waals surface area contributed by atoms with Gasteiger partial charge in [0.1, 0.15) is 5.82 Å². The van der Waals surface area contributed by atoms with Crippen LogP contribution >= 0.6 is 0 Å². The predicted molar refractivity (Wildman–Crippen MR) is 67.8 cm³/mol. The van der Waals surface area contributed by atoms with Gasteiger partial charge in [-0.1, -0.05) is 25.8 Å². The Morgan fingerprint density at radius 1 is 1.41 bits per heavy atom. The van der Waals surface area contributed by atoms with Gasteiger partial charge >= 0.3 is 6.03 Å². The average molecular weight is 233 g/mol. The van der Waals surface area contributed by atoms with Gasteiger partial charge in [-0.05, 0) is 30.9 Å². The first-order chi connectivity index (χ1) is 8.24. The summed E-state index contributed by atoms with van der Waals surface area (Å²) in [6, 6.07) is 5.62. The molecule has 2 N–H and O–H groups in total. The van der Waals surface area contributed by atoms with Crippen LogP contribution in [0.3, 0.4) is 0 Å². The Morgan fingerprint density at radius 3 is 3.00 bits per heavy atom. The molecule has 1 aromatic heterocycles. The molecule has 92 valence electrons. The third-order valence-corrected chi connectivity index (χ3v) is 3.18. The van der Waals surface area contributed by atoms with E-state index in [1.807, 2.05) is 12.1 Å². The van der Waals surface area contributed by atoms with Crippen molar-refractivity contribution in [1.82, 2.24) is 10.3 Å². The molecule has 4 nitrogen and oxygen atoms in total. The number of aromatic nitrogens is 1. The SMILES string of the molecule is CC1CCCC(NC(=O)Nc2ccccn2)C1. The van der Waals surface area contributed by atoms with Crippen LogP contribution in [0.15, 0.2) is 24.4 Å². The Kier molecular flexibility index (Phi) is 3.96. The minimum absolute atomic E-state index is 0.150. The van der Waals surface area contributed by atoms with Gasteiger partial charge in [-0.3, -0.25) is 5.32 Å². The number of rotatable bonds is 2. The van der Waals surface area contributed by atoms with Crippen molar-refractivity contribution in [3.63, 3.8) is 0 Å². The van der Waals surface area contributed by atoms with Crippen LogP contribution in [0.2, 0.25) is 0 Å². The molecular weight excluding hydrogens is 214 g/mol. The van der Waals surface area contributed by atoms with E-state index in [0.29, 0.717) is 17.8 Å². The Bertz CT molecular complexity index is 366. The molecule has 2 atom stereocenters. The van der Waals surface area contributed by atoms with E-state index in [1.165, 1.54) is 12.8 Å². The zero-order chi connectivity index (χ0) is 12.1. The fraction of sp³-hybridized carbons (Fsp3) is 0.538. The quantitative estimate of drug-likeness (QED) is 0.825. The monoisotopic (exact) mass is 233 g/mol. The molecule has 1 aromatic rings. The summed E-state index contributed by atoms with van der Waals surface area (Å²) in [7, 11) is 0. The molecule has 1 aliphatic carbocycles. The third-order valence-electron chi connectivity index (χ3n) is 3.18. The van der Waals surface area contributed by atoms with Crippen LogP contribution in [0.5, 0.6) is 0 Å². The van der Waals surface area contributed by atoms with Crippen LogP contribution in [-0.2, 0) is 0 Å². The van der Waals surface area contributed by atoms with E-state index in [2.05, 4.69) is 22.5 Å². The molecule has 2 rings (SSSR count). The molecule has 0 bridgehead atoms. The summed E-state index contributed by atoms with van der Waals surface area (Å²) in [6.07, 6.45) is 6.31. The van der Waals surface area contributed by atoms with Gasteiger partial charge in [0.05, 0.1) is 0 Å². The maximum Gasteiger partial charge on any atom is 0.320 e. The van der Waals surface area contributed by atoms with E-state index in [9.17, 15) is 4.79 Å². The van der Waals surface area contributed by atoms with Gasteiger partial charge in [-0.25, -0.2) is 9.78 Å². The fourth-order valence-corrected chi connectivity index (χ4v) is 2.34. The van der Waals surface area contributed by atoms with Crippen molar-refractivity contribution in [1.29, 1.82) is 0 Å². The highest BCUT2D eigenvalue weighted by Crippen LogP contribution is 2.23. The average Bonchev–Trinajstić information content (AvgIpc) is 2.30. The number of amides is 2. The molecule has 1 fully saturated rings. The predicted octanol–water partition coefficient (Wildman–Crippen LogP) is 2.78. The number of anilines is 1. The van der Waals surface area contributed by atoms with Crippen molar-refractivity contribution in [2.75, 3.05) is 5.32 Å². The number of carbonyl (C=O) groups excluding carboxylic acids is 1. The summed E-state index contributed by atoms with van der Waals surface area (Å²) in [5, 5.41) is 5.75. The fourth-order valence-electron chi connectivity index (χ4n) is 2.34. The molecule has 2 amide bonds. The second-order valence-electron chi connectivity index (χ2n) is 4.78. The van der Waals surface area contributed by atoms with E-state index < -0.39 is 0 Å². The topological polar surface area (TPSA) is 54.0 Å². The second-order valence-corrected chi connectivity index (χ2v) is 4.78. The number of pyridine rings is 1. The molecule has 4 heteroatoms. The number of hydrogen-bond acceptors (Lipinski definition) is 2. The first-order valence-electron chi connectivity index (χ1n) is 6.22. The molecule has 2 unspecified atom stereocenters. The van der Waals surface area contributed by atoms with Gasteiger partial charge < -0.3 is 5.32 Å². The molecule has 0 radical (unpaired) electrons. The summed E-state index contributed by atoms with van der Waals surface area (Å²) < 4.78 is 0. The molecule has 17 heavy (non-hydrogen) atoms. The van der Waals surface area contributed by atoms with E-state index in [0.717, 1.165) is 12.8 Å². The highest BCUT2D eigenvalue weighted by atomic mass is 16.2. The number of nitrogens with one attached hydrogen (secondary N) is 2.